The predicted molar refractivity (Wildman–Crippen MR) is 136 cm³/mol. The highest BCUT2D eigenvalue weighted by molar-refractivity contribution is 7.90. The molecule has 0 radical (unpaired) electrons. The van der Waals surface area contributed by atoms with Crippen LogP contribution in [0.4, 0.5) is 20.6 Å². The molecular formula is C26H30FN5O4S. The number of ether oxygens (including phenoxy) is 1. The van der Waals surface area contributed by atoms with Crippen LogP contribution in [0.2, 0.25) is 0 Å². The Hall–Kier alpha value is -3.21. The van der Waals surface area contributed by atoms with Crippen LogP contribution < -0.4 is 5.32 Å². The predicted octanol–water partition coefficient (Wildman–Crippen LogP) is 4.96. The summed E-state index contributed by atoms with van der Waals surface area (Å²) < 4.78 is 46.1. The fourth-order valence-corrected chi connectivity index (χ4v) is 6.68. The number of carbonyl (C=O) groups is 1. The quantitative estimate of drug-likeness (QED) is 0.500. The van der Waals surface area contributed by atoms with Crippen LogP contribution in [-0.4, -0.2) is 58.1 Å². The number of fused-ring (bicyclic) bond motifs is 3. The maximum atomic E-state index is 14.7. The second-order valence-electron chi connectivity index (χ2n) is 10.8. The van der Waals surface area contributed by atoms with Gasteiger partial charge in [-0.05, 0) is 76.1 Å². The van der Waals surface area contributed by atoms with Crippen molar-refractivity contribution < 1.29 is 22.3 Å². The zero-order valence-corrected chi connectivity index (χ0v) is 21.7. The van der Waals surface area contributed by atoms with E-state index in [0.717, 1.165) is 62.7 Å². The van der Waals surface area contributed by atoms with Crippen LogP contribution in [0.15, 0.2) is 41.6 Å². The summed E-state index contributed by atoms with van der Waals surface area (Å²) >= 11 is 0. The molecule has 4 heterocycles. The second kappa shape index (κ2) is 8.68. The normalized spacial score (nSPS) is 24.6. The van der Waals surface area contributed by atoms with Gasteiger partial charge in [0.2, 0.25) is 0 Å². The number of rotatable bonds is 5. The molecule has 1 aromatic carbocycles. The fraction of sp³-hybridized carbons (Fsp3) is 0.500. The van der Waals surface area contributed by atoms with Crippen LogP contribution in [-0.2, 0) is 14.6 Å². The molecule has 1 aliphatic carbocycles. The van der Waals surface area contributed by atoms with Gasteiger partial charge in [0.15, 0.2) is 15.5 Å². The topological polar surface area (TPSA) is 106 Å². The van der Waals surface area contributed by atoms with E-state index in [-0.39, 0.29) is 40.4 Å². The summed E-state index contributed by atoms with van der Waals surface area (Å²) in [5.41, 5.74) is 1.10. The van der Waals surface area contributed by atoms with Crippen LogP contribution >= 0.6 is 0 Å². The van der Waals surface area contributed by atoms with Crippen molar-refractivity contribution in [2.45, 2.75) is 80.5 Å². The molecule has 3 aliphatic rings. The Morgan fingerprint density at radius 1 is 1.14 bits per heavy atom. The number of sulfone groups is 1. The van der Waals surface area contributed by atoms with Crippen molar-refractivity contribution in [2.24, 2.45) is 0 Å². The minimum Gasteiger partial charge on any atom is -0.443 e. The van der Waals surface area contributed by atoms with Crippen molar-refractivity contribution in [3.8, 4) is 0 Å². The monoisotopic (exact) mass is 527 g/mol. The molecular weight excluding hydrogens is 497 g/mol. The van der Waals surface area contributed by atoms with E-state index in [9.17, 15) is 17.6 Å². The Labute approximate surface area is 214 Å². The number of halogens is 1. The first-order chi connectivity index (χ1) is 17.6. The Morgan fingerprint density at radius 2 is 1.86 bits per heavy atom. The number of anilines is 2. The maximum absolute atomic E-state index is 14.7. The highest BCUT2D eigenvalue weighted by Gasteiger charge is 2.47. The number of benzene rings is 1. The zero-order valence-electron chi connectivity index (χ0n) is 20.9. The van der Waals surface area contributed by atoms with E-state index in [1.807, 2.05) is 24.1 Å². The van der Waals surface area contributed by atoms with E-state index in [2.05, 4.69) is 20.1 Å². The first kappa shape index (κ1) is 24.1. The van der Waals surface area contributed by atoms with Crippen molar-refractivity contribution in [1.82, 2.24) is 19.7 Å². The Bertz CT molecular complexity index is 1470. The van der Waals surface area contributed by atoms with Crippen molar-refractivity contribution in [3.63, 3.8) is 0 Å². The molecule has 1 saturated carbocycles. The Kier molecular flexibility index (Phi) is 5.66. The van der Waals surface area contributed by atoms with E-state index >= 15 is 0 Å². The minimum absolute atomic E-state index is 0.0775. The third kappa shape index (κ3) is 4.32. The first-order valence-electron chi connectivity index (χ1n) is 12.7. The molecule has 0 unspecified atom stereocenters. The molecule has 2 aliphatic heterocycles. The van der Waals surface area contributed by atoms with Gasteiger partial charge in [-0.3, -0.25) is 0 Å². The third-order valence-electron chi connectivity index (χ3n) is 8.21. The number of nitrogens with one attached hydrogen (secondary N) is 1. The highest BCUT2D eigenvalue weighted by atomic mass is 32.2. The molecule has 0 spiro atoms. The Morgan fingerprint density at radius 3 is 2.49 bits per heavy atom. The lowest BCUT2D eigenvalue weighted by Gasteiger charge is -2.43. The molecule has 9 nitrogen and oxygen atoms in total. The van der Waals surface area contributed by atoms with Gasteiger partial charge in [0, 0.05) is 36.0 Å². The van der Waals surface area contributed by atoms with E-state index in [4.69, 9.17) is 4.74 Å². The van der Waals surface area contributed by atoms with Crippen LogP contribution in [0.5, 0.6) is 0 Å². The highest BCUT2D eigenvalue weighted by Crippen LogP contribution is 2.44. The molecule has 2 bridgehead atoms. The number of nitrogens with zero attached hydrogens (tertiary/aromatic N) is 4. The Balaban J connectivity index is 1.22. The number of aromatic nitrogens is 3. The van der Waals surface area contributed by atoms with Gasteiger partial charge in [-0.2, -0.15) is 5.10 Å². The van der Waals surface area contributed by atoms with Crippen molar-refractivity contribution in [3.05, 3.63) is 42.5 Å². The second-order valence-corrected chi connectivity index (χ2v) is 12.9. The summed E-state index contributed by atoms with van der Waals surface area (Å²) in [4.78, 5) is 14.9. The number of hydrogen-bond donors (Lipinski definition) is 1. The van der Waals surface area contributed by atoms with Gasteiger partial charge in [-0.1, -0.05) is 0 Å². The average molecular weight is 528 g/mol. The molecule has 1 N–H and O–H groups in total. The molecule has 11 heteroatoms. The molecule has 2 saturated heterocycles. The van der Waals surface area contributed by atoms with Gasteiger partial charge in [-0.15, -0.1) is 5.10 Å². The van der Waals surface area contributed by atoms with Crippen molar-refractivity contribution in [2.75, 3.05) is 11.6 Å². The molecule has 3 aromatic rings. The lowest BCUT2D eigenvalue weighted by Crippen LogP contribution is -2.50. The van der Waals surface area contributed by atoms with E-state index in [0.29, 0.717) is 11.3 Å². The molecule has 2 aromatic heterocycles. The first-order valence-corrected chi connectivity index (χ1v) is 14.6. The van der Waals surface area contributed by atoms with Crippen LogP contribution in [0.1, 0.15) is 57.9 Å². The van der Waals surface area contributed by atoms with Gasteiger partial charge in [0.05, 0.1) is 22.5 Å². The van der Waals surface area contributed by atoms with Crippen molar-refractivity contribution in [1.29, 1.82) is 0 Å². The maximum Gasteiger partial charge on any atom is 0.410 e. The van der Waals surface area contributed by atoms with Gasteiger partial charge in [0.1, 0.15) is 11.4 Å². The summed E-state index contributed by atoms with van der Waals surface area (Å²) in [7, 11) is -3.51. The number of carbonyl (C=O) groups excluding carboxylic acids is 1. The van der Waals surface area contributed by atoms with E-state index < -0.39 is 15.7 Å². The lowest BCUT2D eigenvalue weighted by molar-refractivity contribution is -0.0577. The minimum atomic E-state index is -3.51. The zero-order chi connectivity index (χ0) is 25.9. The lowest BCUT2D eigenvalue weighted by atomic mass is 9.82. The molecule has 3 fully saturated rings. The van der Waals surface area contributed by atoms with E-state index in [1.54, 1.807) is 0 Å². The number of hydrogen-bond acceptors (Lipinski definition) is 7. The van der Waals surface area contributed by atoms with Gasteiger partial charge in [-0.25, -0.2) is 17.6 Å². The number of amides is 1. The standard InChI is InChI=1S/C26H30FN5O4S/c1-26(9-3-10-26)36-25(33)32-16-4-5-17(32)13-18(12-16)31-11-8-20-23(15-28-30-24(20)31)29-22-7-6-19(14-21(22)27)37(2,34)35/h6-8,11,14-18H,3-5,9-10,12-13H2,1-2H3,(H,29,30)/t16-,17-/m0/s1. The summed E-state index contributed by atoms with van der Waals surface area (Å²) in [6.07, 6.45) is 10.9. The molecule has 6 rings (SSSR count). The molecule has 37 heavy (non-hydrogen) atoms. The van der Waals surface area contributed by atoms with Crippen molar-refractivity contribution >= 4 is 38.3 Å². The van der Waals surface area contributed by atoms with Crippen LogP contribution in [0.3, 0.4) is 0 Å². The van der Waals surface area contributed by atoms with Gasteiger partial charge >= 0.3 is 6.09 Å². The fourth-order valence-electron chi connectivity index (χ4n) is 6.05. The molecule has 2 atom stereocenters. The molecule has 1 amide bonds. The van der Waals surface area contributed by atoms with Crippen LogP contribution in [0.25, 0.3) is 11.0 Å². The number of piperidine rings is 1. The summed E-state index contributed by atoms with van der Waals surface area (Å²) in [5, 5.41) is 12.3. The summed E-state index contributed by atoms with van der Waals surface area (Å²) in [6.45, 7) is 2.02. The van der Waals surface area contributed by atoms with Crippen LogP contribution in [0, 0.1) is 5.82 Å². The average Bonchev–Trinajstić information content (AvgIpc) is 3.38. The van der Waals surface area contributed by atoms with Gasteiger partial charge < -0.3 is 19.5 Å². The van der Waals surface area contributed by atoms with E-state index in [1.165, 1.54) is 18.3 Å². The SMILES string of the molecule is CC1(OC(=O)N2[C@H]3CC[C@H]2CC(n2ccc4c(Nc5ccc(S(C)(=O)=O)cc5F)cnnc42)C3)CCC1. The smallest absolute Gasteiger partial charge is 0.410 e. The third-order valence-corrected chi connectivity index (χ3v) is 9.32. The van der Waals surface area contributed by atoms with Gasteiger partial charge in [0.25, 0.3) is 0 Å². The summed E-state index contributed by atoms with van der Waals surface area (Å²) in [6, 6.07) is 6.14. The summed E-state index contributed by atoms with van der Waals surface area (Å²) in [5.74, 6) is -0.668. The molecule has 196 valence electrons. The largest absolute Gasteiger partial charge is 0.443 e.